The van der Waals surface area contributed by atoms with Crippen molar-refractivity contribution in [3.63, 3.8) is 0 Å². The third kappa shape index (κ3) is 0.652. The first kappa shape index (κ1) is 4.39. The minimum Gasteiger partial charge on any atom is -0.131 e. The van der Waals surface area contributed by atoms with Crippen LogP contribution in [0.3, 0.4) is 0 Å². The summed E-state index contributed by atoms with van der Waals surface area (Å²) < 4.78 is 8.96. The van der Waals surface area contributed by atoms with E-state index in [1.807, 2.05) is 12.5 Å². The van der Waals surface area contributed by atoms with Crippen LogP contribution in [0.25, 0.3) is 0 Å². The van der Waals surface area contributed by atoms with Gasteiger partial charge in [0.25, 0.3) is 0 Å². The van der Waals surface area contributed by atoms with Gasteiger partial charge >= 0.3 is 0 Å². The largest absolute Gasteiger partial charge is 0.131 e. The minimum absolute atomic E-state index is 1.20. The van der Waals surface area contributed by atoms with E-state index in [2.05, 4.69) is 13.7 Å². The van der Waals surface area contributed by atoms with E-state index in [0.717, 1.165) is 0 Å². The van der Waals surface area contributed by atoms with Crippen molar-refractivity contribution in [2.75, 3.05) is 12.5 Å². The Balaban J connectivity index is 2.31. The summed E-state index contributed by atoms with van der Waals surface area (Å²) in [7, 11) is -1.20. The first-order valence-electron chi connectivity index (χ1n) is 1.48. The van der Waals surface area contributed by atoms with Crippen LogP contribution in [0.4, 0.5) is 0 Å². The van der Waals surface area contributed by atoms with Crippen LogP contribution in [0.15, 0.2) is 0 Å². The highest BCUT2D eigenvalue weighted by atomic mass is 32.3. The Hall–Kier alpha value is 0.230. The van der Waals surface area contributed by atoms with Crippen molar-refractivity contribution in [1.29, 1.82) is 0 Å². The van der Waals surface area contributed by atoms with Gasteiger partial charge in [-0.25, -0.2) is 0 Å². The van der Waals surface area contributed by atoms with E-state index in [4.69, 9.17) is 0 Å². The van der Waals surface area contributed by atoms with Crippen LogP contribution in [0.1, 0.15) is 0 Å². The standard InChI is InChI=1S/C2H6O3S/c1-6(2)4-3-5-6/h1-2H3. The van der Waals surface area contributed by atoms with Crippen molar-refractivity contribution < 1.29 is 13.7 Å². The summed E-state index contributed by atoms with van der Waals surface area (Å²) in [5, 5.41) is 3.97. The fourth-order valence-electron chi connectivity index (χ4n) is 0.139. The van der Waals surface area contributed by atoms with Crippen LogP contribution in [0.2, 0.25) is 0 Å². The number of hydrogen-bond donors (Lipinski definition) is 0. The lowest BCUT2D eigenvalue weighted by Crippen LogP contribution is -2.15. The lowest BCUT2D eigenvalue weighted by atomic mass is 11.9. The molecule has 0 saturated carbocycles. The summed E-state index contributed by atoms with van der Waals surface area (Å²) in [6, 6.07) is 0. The maximum absolute atomic E-state index is 4.48. The summed E-state index contributed by atoms with van der Waals surface area (Å²) in [5.41, 5.74) is 0. The van der Waals surface area contributed by atoms with Gasteiger partial charge in [-0.15, -0.1) is 10.6 Å². The molecule has 0 aromatic heterocycles. The zero-order chi connectivity index (χ0) is 4.62. The molecule has 0 spiro atoms. The summed E-state index contributed by atoms with van der Waals surface area (Å²) >= 11 is 0. The second kappa shape index (κ2) is 1.10. The van der Waals surface area contributed by atoms with Crippen LogP contribution in [0.5, 0.6) is 0 Å². The fraction of sp³-hybridized carbons (Fsp3) is 1.00. The van der Waals surface area contributed by atoms with Gasteiger partial charge in [-0.1, -0.05) is 8.67 Å². The van der Waals surface area contributed by atoms with E-state index >= 15 is 0 Å². The maximum atomic E-state index is 4.48. The Kier molecular flexibility index (Phi) is 0.804. The maximum Gasteiger partial charge on any atom is 0.0323 e. The zero-order valence-electron chi connectivity index (χ0n) is 3.63. The van der Waals surface area contributed by atoms with Gasteiger partial charge in [-0.2, -0.15) is 0 Å². The smallest absolute Gasteiger partial charge is 0.0323 e. The Morgan fingerprint density at radius 3 is 1.50 bits per heavy atom. The molecule has 1 rings (SSSR count). The monoisotopic (exact) mass is 110 g/mol. The third-order valence-electron chi connectivity index (χ3n) is 0.383. The first-order valence-corrected chi connectivity index (χ1v) is 3.78. The second-order valence-corrected chi connectivity index (χ2v) is 3.91. The Bertz CT molecular complexity index is 55.8. The van der Waals surface area contributed by atoms with Gasteiger partial charge in [0.2, 0.25) is 0 Å². The molecule has 0 unspecified atom stereocenters. The molecule has 38 valence electrons. The van der Waals surface area contributed by atoms with Crippen molar-refractivity contribution in [2.24, 2.45) is 0 Å². The second-order valence-electron chi connectivity index (χ2n) is 1.35. The molecule has 1 fully saturated rings. The predicted octanol–water partition coefficient (Wildman–Crippen LogP) is 0.774. The average molecular weight is 110 g/mol. The lowest BCUT2D eigenvalue weighted by Gasteiger charge is -2.37. The zero-order valence-corrected chi connectivity index (χ0v) is 4.45. The van der Waals surface area contributed by atoms with Crippen molar-refractivity contribution in [1.82, 2.24) is 0 Å². The number of rotatable bonds is 0. The Morgan fingerprint density at radius 1 is 1.17 bits per heavy atom. The summed E-state index contributed by atoms with van der Waals surface area (Å²) in [6.07, 6.45) is 3.69. The van der Waals surface area contributed by atoms with Crippen LogP contribution in [0, 0.1) is 0 Å². The van der Waals surface area contributed by atoms with Crippen molar-refractivity contribution >= 4 is 10.6 Å². The highest BCUT2D eigenvalue weighted by Gasteiger charge is 2.21. The third-order valence-corrected chi connectivity index (χ3v) is 1.15. The minimum atomic E-state index is -1.20. The molecule has 6 heavy (non-hydrogen) atoms. The molecule has 0 amide bonds. The molecule has 1 heterocycles. The highest BCUT2D eigenvalue weighted by molar-refractivity contribution is 8.25. The molecule has 0 radical (unpaired) electrons. The molecule has 4 heteroatoms. The Labute approximate surface area is 37.8 Å². The quantitative estimate of drug-likeness (QED) is 0.431. The van der Waals surface area contributed by atoms with Gasteiger partial charge in [0.05, 0.1) is 0 Å². The molecular formula is C2H6O3S. The van der Waals surface area contributed by atoms with Gasteiger partial charge < -0.3 is 0 Å². The summed E-state index contributed by atoms with van der Waals surface area (Å²) in [5.74, 6) is 0. The van der Waals surface area contributed by atoms with Gasteiger partial charge in [0, 0.05) is 12.5 Å². The SMILES string of the molecule is CS1(C)OOO1. The molecular weight excluding hydrogens is 104 g/mol. The Morgan fingerprint density at radius 2 is 1.50 bits per heavy atom. The summed E-state index contributed by atoms with van der Waals surface area (Å²) in [6.45, 7) is 0. The fourth-order valence-corrected chi connectivity index (χ4v) is 0.417. The van der Waals surface area contributed by atoms with Crippen molar-refractivity contribution in [3.05, 3.63) is 0 Å². The van der Waals surface area contributed by atoms with E-state index in [1.54, 1.807) is 0 Å². The van der Waals surface area contributed by atoms with Gasteiger partial charge in [-0.3, -0.25) is 0 Å². The van der Waals surface area contributed by atoms with Gasteiger partial charge in [-0.05, 0) is 5.04 Å². The molecule has 0 aromatic carbocycles. The summed E-state index contributed by atoms with van der Waals surface area (Å²) in [4.78, 5) is 0. The topological polar surface area (TPSA) is 27.7 Å². The molecule has 0 aromatic rings. The van der Waals surface area contributed by atoms with Gasteiger partial charge in [0.1, 0.15) is 0 Å². The molecule has 1 saturated heterocycles. The highest BCUT2D eigenvalue weighted by Crippen LogP contribution is 2.50. The molecule has 0 atom stereocenters. The molecule has 1 aliphatic rings. The average Bonchev–Trinajstić information content (AvgIpc) is 1.32. The molecule has 0 N–H and O–H groups in total. The lowest BCUT2D eigenvalue weighted by molar-refractivity contribution is -0.469. The normalized spacial score (nSPS) is 34.3. The molecule has 0 bridgehead atoms. The van der Waals surface area contributed by atoms with Crippen molar-refractivity contribution in [2.45, 2.75) is 0 Å². The molecule has 0 aliphatic carbocycles. The number of hydrogen-bond acceptors (Lipinski definition) is 3. The molecule has 1 aliphatic heterocycles. The van der Waals surface area contributed by atoms with Gasteiger partial charge in [0.15, 0.2) is 0 Å². The van der Waals surface area contributed by atoms with Crippen molar-refractivity contribution in [3.8, 4) is 0 Å². The predicted molar refractivity (Wildman–Crippen MR) is 22.7 cm³/mol. The van der Waals surface area contributed by atoms with Crippen LogP contribution in [-0.4, -0.2) is 12.5 Å². The van der Waals surface area contributed by atoms with E-state index in [9.17, 15) is 0 Å². The van der Waals surface area contributed by atoms with Crippen LogP contribution in [-0.2, 0) is 13.7 Å². The van der Waals surface area contributed by atoms with Crippen LogP contribution < -0.4 is 0 Å². The van der Waals surface area contributed by atoms with E-state index in [-0.39, 0.29) is 0 Å². The van der Waals surface area contributed by atoms with E-state index < -0.39 is 10.6 Å². The molecule has 3 nitrogen and oxygen atoms in total. The van der Waals surface area contributed by atoms with E-state index in [1.165, 1.54) is 0 Å². The van der Waals surface area contributed by atoms with Crippen LogP contribution >= 0.6 is 10.6 Å². The van der Waals surface area contributed by atoms with E-state index in [0.29, 0.717) is 0 Å². The first-order chi connectivity index (χ1) is 2.71.